The van der Waals surface area contributed by atoms with Gasteiger partial charge in [-0.25, -0.2) is 0 Å². The maximum Gasteiger partial charge on any atom is 0.222 e. The molecule has 2 rings (SSSR count). The van der Waals surface area contributed by atoms with Gasteiger partial charge in [-0.2, -0.15) is 0 Å². The molecule has 0 bridgehead atoms. The lowest BCUT2D eigenvalue weighted by atomic mass is 9.98. The molecule has 1 N–H and O–H groups in total. The van der Waals surface area contributed by atoms with Crippen LogP contribution in [0.3, 0.4) is 0 Å². The van der Waals surface area contributed by atoms with Gasteiger partial charge in [0.15, 0.2) is 0 Å². The number of likely N-dealkylation sites (N-methyl/N-ethyl adjacent to an activating group) is 1. The summed E-state index contributed by atoms with van der Waals surface area (Å²) in [6.07, 6.45) is 5.26. The van der Waals surface area contributed by atoms with Gasteiger partial charge >= 0.3 is 0 Å². The molecule has 2 aliphatic heterocycles. The van der Waals surface area contributed by atoms with Crippen LogP contribution in [0.2, 0.25) is 0 Å². The van der Waals surface area contributed by atoms with Crippen molar-refractivity contribution < 1.29 is 9.53 Å². The lowest BCUT2D eigenvalue weighted by Crippen LogP contribution is -2.46. The van der Waals surface area contributed by atoms with Gasteiger partial charge in [0.05, 0.1) is 6.61 Å². The van der Waals surface area contributed by atoms with Gasteiger partial charge in [0.2, 0.25) is 5.91 Å². The van der Waals surface area contributed by atoms with Gasteiger partial charge in [-0.1, -0.05) is 6.42 Å². The highest BCUT2D eigenvalue weighted by Crippen LogP contribution is 2.19. The van der Waals surface area contributed by atoms with Crippen molar-refractivity contribution in [2.75, 3.05) is 33.4 Å². The Kier molecular flexibility index (Phi) is 4.80. The molecule has 0 aromatic carbocycles. The smallest absolute Gasteiger partial charge is 0.222 e. The van der Waals surface area contributed by atoms with Crippen LogP contribution in [0.25, 0.3) is 0 Å². The van der Waals surface area contributed by atoms with E-state index in [9.17, 15) is 4.79 Å². The first-order chi connectivity index (χ1) is 8.31. The first kappa shape index (κ1) is 12.8. The quantitative estimate of drug-likeness (QED) is 0.797. The minimum atomic E-state index is 0.335. The summed E-state index contributed by atoms with van der Waals surface area (Å²) in [5, 5.41) is 3.36. The zero-order valence-corrected chi connectivity index (χ0v) is 10.8. The highest BCUT2D eigenvalue weighted by atomic mass is 16.5. The first-order valence-electron chi connectivity index (χ1n) is 6.84. The van der Waals surface area contributed by atoms with Gasteiger partial charge in [0, 0.05) is 38.1 Å². The van der Waals surface area contributed by atoms with E-state index in [-0.39, 0.29) is 0 Å². The zero-order valence-electron chi connectivity index (χ0n) is 10.8. The van der Waals surface area contributed by atoms with Crippen molar-refractivity contribution in [1.82, 2.24) is 10.2 Å². The lowest BCUT2D eigenvalue weighted by Gasteiger charge is -2.29. The minimum absolute atomic E-state index is 0.335. The summed E-state index contributed by atoms with van der Waals surface area (Å²) in [6, 6.07) is 0.388. The number of hydrogen-bond acceptors (Lipinski definition) is 3. The van der Waals surface area contributed by atoms with E-state index in [4.69, 9.17) is 4.74 Å². The Bertz CT molecular complexity index is 252. The molecule has 2 atom stereocenters. The molecule has 4 heteroatoms. The maximum absolute atomic E-state index is 11.9. The van der Waals surface area contributed by atoms with Crippen LogP contribution in [0.5, 0.6) is 0 Å². The van der Waals surface area contributed by atoms with E-state index >= 15 is 0 Å². The van der Waals surface area contributed by atoms with E-state index in [1.165, 1.54) is 6.42 Å². The van der Waals surface area contributed by atoms with Crippen LogP contribution in [0, 0.1) is 5.92 Å². The summed E-state index contributed by atoms with van der Waals surface area (Å²) >= 11 is 0. The second-order valence-electron chi connectivity index (χ2n) is 5.17. The maximum atomic E-state index is 11.9. The van der Waals surface area contributed by atoms with Crippen LogP contribution in [0.15, 0.2) is 0 Å². The topological polar surface area (TPSA) is 41.6 Å². The van der Waals surface area contributed by atoms with E-state index in [1.54, 1.807) is 0 Å². The Morgan fingerprint density at radius 2 is 2.35 bits per heavy atom. The van der Waals surface area contributed by atoms with Crippen LogP contribution in [0.4, 0.5) is 0 Å². The number of carbonyl (C=O) groups is 1. The second-order valence-corrected chi connectivity index (χ2v) is 5.17. The van der Waals surface area contributed by atoms with Crippen LogP contribution in [-0.2, 0) is 9.53 Å². The summed E-state index contributed by atoms with van der Waals surface area (Å²) in [7, 11) is 1.99. The molecule has 0 aliphatic carbocycles. The molecule has 0 aromatic heterocycles. The molecule has 4 nitrogen and oxygen atoms in total. The number of carbonyl (C=O) groups excluding carboxylic acids is 1. The van der Waals surface area contributed by atoms with Gasteiger partial charge < -0.3 is 15.0 Å². The van der Waals surface area contributed by atoms with Gasteiger partial charge in [-0.05, 0) is 26.3 Å². The number of likely N-dealkylation sites (tertiary alicyclic amines) is 1. The molecule has 2 heterocycles. The summed E-state index contributed by atoms with van der Waals surface area (Å²) in [4.78, 5) is 14.0. The zero-order chi connectivity index (χ0) is 12.1. The Hall–Kier alpha value is -0.610. The Labute approximate surface area is 104 Å². The van der Waals surface area contributed by atoms with Crippen LogP contribution >= 0.6 is 0 Å². The van der Waals surface area contributed by atoms with Crippen LogP contribution in [0.1, 0.15) is 32.1 Å². The molecule has 0 saturated carbocycles. The summed E-state index contributed by atoms with van der Waals surface area (Å²) in [5.41, 5.74) is 0. The second kappa shape index (κ2) is 6.36. The summed E-state index contributed by atoms with van der Waals surface area (Å²) in [6.45, 7) is 3.50. The van der Waals surface area contributed by atoms with Crippen molar-refractivity contribution in [3.05, 3.63) is 0 Å². The van der Waals surface area contributed by atoms with Crippen molar-refractivity contribution in [2.24, 2.45) is 5.92 Å². The van der Waals surface area contributed by atoms with E-state index < -0.39 is 0 Å². The number of amides is 1. The van der Waals surface area contributed by atoms with Crippen LogP contribution < -0.4 is 5.32 Å². The van der Waals surface area contributed by atoms with Crippen molar-refractivity contribution in [3.63, 3.8) is 0 Å². The van der Waals surface area contributed by atoms with Gasteiger partial charge in [-0.15, -0.1) is 0 Å². The van der Waals surface area contributed by atoms with Crippen molar-refractivity contribution >= 4 is 5.91 Å². The monoisotopic (exact) mass is 240 g/mol. The van der Waals surface area contributed by atoms with Crippen molar-refractivity contribution in [1.29, 1.82) is 0 Å². The first-order valence-corrected chi connectivity index (χ1v) is 6.84. The number of nitrogens with zero attached hydrogens (tertiary/aromatic N) is 1. The number of nitrogens with one attached hydrogen (secondary N) is 1. The molecule has 1 amide bonds. The fourth-order valence-corrected chi connectivity index (χ4v) is 2.82. The number of ether oxygens (including phenoxy) is 1. The molecule has 2 aliphatic rings. The highest BCUT2D eigenvalue weighted by molar-refractivity contribution is 5.76. The third-order valence-electron chi connectivity index (χ3n) is 3.99. The molecule has 0 aromatic rings. The predicted molar refractivity (Wildman–Crippen MR) is 66.8 cm³/mol. The highest BCUT2D eigenvalue weighted by Gasteiger charge is 2.28. The predicted octanol–water partition coefficient (Wildman–Crippen LogP) is 1.01. The van der Waals surface area contributed by atoms with E-state index in [0.29, 0.717) is 17.9 Å². The largest absolute Gasteiger partial charge is 0.381 e. The molecule has 2 saturated heterocycles. The number of hydrogen-bond donors (Lipinski definition) is 1. The number of rotatable bonds is 4. The normalized spacial score (nSPS) is 28.2. The molecule has 98 valence electrons. The van der Waals surface area contributed by atoms with Crippen LogP contribution in [-0.4, -0.2) is 50.2 Å². The third kappa shape index (κ3) is 3.42. The molecular weight excluding hydrogens is 216 g/mol. The van der Waals surface area contributed by atoms with E-state index in [2.05, 4.69) is 5.32 Å². The SMILES string of the molecule is CNC(CN1CCCCCC1=O)C1CCOC1. The Morgan fingerprint density at radius 1 is 1.47 bits per heavy atom. The molecule has 2 unspecified atom stereocenters. The Morgan fingerprint density at radius 3 is 3.06 bits per heavy atom. The molecule has 17 heavy (non-hydrogen) atoms. The minimum Gasteiger partial charge on any atom is -0.381 e. The summed E-state index contributed by atoms with van der Waals surface area (Å²) in [5.74, 6) is 0.901. The average Bonchev–Trinajstić information content (AvgIpc) is 2.79. The van der Waals surface area contributed by atoms with Gasteiger partial charge in [0.1, 0.15) is 0 Å². The third-order valence-corrected chi connectivity index (χ3v) is 3.99. The molecular formula is C13H24N2O2. The van der Waals surface area contributed by atoms with Gasteiger partial charge in [-0.3, -0.25) is 4.79 Å². The fourth-order valence-electron chi connectivity index (χ4n) is 2.82. The van der Waals surface area contributed by atoms with Crippen molar-refractivity contribution in [2.45, 2.75) is 38.1 Å². The molecule has 2 fully saturated rings. The average molecular weight is 240 g/mol. The van der Waals surface area contributed by atoms with E-state index in [0.717, 1.165) is 52.0 Å². The standard InChI is InChI=1S/C13H24N2O2/c1-14-12(11-6-8-17-10-11)9-15-7-4-2-3-5-13(15)16/h11-12,14H,2-10H2,1H3. The summed E-state index contributed by atoms with van der Waals surface area (Å²) < 4.78 is 5.44. The lowest BCUT2D eigenvalue weighted by molar-refractivity contribution is -0.131. The molecule has 0 spiro atoms. The van der Waals surface area contributed by atoms with E-state index in [1.807, 2.05) is 11.9 Å². The molecule has 0 radical (unpaired) electrons. The Balaban J connectivity index is 1.89. The fraction of sp³-hybridized carbons (Fsp3) is 0.923. The van der Waals surface area contributed by atoms with Gasteiger partial charge in [0.25, 0.3) is 0 Å². The van der Waals surface area contributed by atoms with Crippen molar-refractivity contribution in [3.8, 4) is 0 Å².